The maximum Gasteiger partial charge on any atom is 0.350 e. The van der Waals surface area contributed by atoms with Gasteiger partial charge in [0, 0.05) is 52.1 Å². The number of imide groups is 1. The van der Waals surface area contributed by atoms with Crippen LogP contribution in [0.25, 0.3) is 0 Å². The Labute approximate surface area is 253 Å². The molecule has 1 heterocycles. The second-order valence-electron chi connectivity index (χ2n) is 9.93. The third-order valence-corrected chi connectivity index (χ3v) is 7.83. The van der Waals surface area contributed by atoms with E-state index >= 15 is 0 Å². The van der Waals surface area contributed by atoms with Gasteiger partial charge in [-0.15, -0.1) is 5.06 Å². The minimum absolute atomic E-state index is 0.0428. The van der Waals surface area contributed by atoms with Crippen LogP contribution in [-0.2, 0) is 52.3 Å². The van der Waals surface area contributed by atoms with Crippen LogP contribution >= 0.6 is 7.60 Å². The van der Waals surface area contributed by atoms with E-state index in [9.17, 15) is 47.8 Å². The predicted octanol–water partition coefficient (Wildman–Crippen LogP) is -0.801. The average molecular weight is 650 g/mol. The molecule has 1 aliphatic heterocycles. The molecule has 1 rings (SSSR count). The van der Waals surface area contributed by atoms with Gasteiger partial charge in [0.1, 0.15) is 11.8 Å². The highest BCUT2D eigenvalue weighted by Gasteiger charge is 2.35. The largest absolute Gasteiger partial charge is 0.479 e. The van der Waals surface area contributed by atoms with Crippen LogP contribution in [0, 0.1) is 0 Å². The van der Waals surface area contributed by atoms with E-state index in [1.807, 2.05) is 0 Å². The molecule has 6 N–H and O–H groups in total. The van der Waals surface area contributed by atoms with Crippen molar-refractivity contribution in [3.8, 4) is 0 Å². The van der Waals surface area contributed by atoms with Gasteiger partial charge in [-0.05, 0) is 39.5 Å². The number of carboxylic acids is 1. The molecule has 0 aromatic carbocycles. The molecule has 44 heavy (non-hydrogen) atoms. The summed E-state index contributed by atoms with van der Waals surface area (Å²) in [4.78, 5) is 109. The normalized spacial score (nSPS) is 16.2. The zero-order chi connectivity index (χ0) is 33.4. The average Bonchev–Trinajstić information content (AvgIpc) is 3.23. The molecule has 19 heteroatoms. The fraction of sp³-hybridized carbons (Fsp3) is 0.680. The summed E-state index contributed by atoms with van der Waals surface area (Å²) < 4.78 is 17.1. The summed E-state index contributed by atoms with van der Waals surface area (Å²) in [6.07, 6.45) is -1.32. The zero-order valence-corrected chi connectivity index (χ0v) is 25.7. The van der Waals surface area contributed by atoms with Crippen molar-refractivity contribution in [2.45, 2.75) is 96.5 Å². The van der Waals surface area contributed by atoms with E-state index in [4.69, 9.17) is 9.94 Å². The minimum atomic E-state index is -4.61. The van der Waals surface area contributed by atoms with Crippen LogP contribution in [0.2, 0.25) is 0 Å². The summed E-state index contributed by atoms with van der Waals surface area (Å²) in [7, 11) is -4.61. The van der Waals surface area contributed by atoms with E-state index in [-0.39, 0.29) is 57.4 Å². The van der Waals surface area contributed by atoms with Crippen LogP contribution < -0.4 is 21.3 Å². The first-order chi connectivity index (χ1) is 20.5. The number of amides is 6. The molecule has 18 nitrogen and oxygen atoms in total. The number of aliphatic carboxylic acids is 1. The molecule has 0 aromatic heterocycles. The maximum absolute atomic E-state index is 12.9. The standard InChI is InChI=1S/C25H40N5O13P/c1-15(25(38)39)43-44(40,41)17(3)28-24(37)18(7-4-5-13-26-16(2)31)29-20(33)12-14-27-19(32)8-6-9-23(36)42-30-21(34)10-11-22(30)35/h15,17-18H,4-14H2,1-3H3,(H,26,31)(H,27,32)(H,28,37)(H,29,33)(H,38,39)(H,40,41)/t15-,17+,18+/m1/s1. The summed E-state index contributed by atoms with van der Waals surface area (Å²) in [5, 5.41) is 19.2. The van der Waals surface area contributed by atoms with Gasteiger partial charge in [-0.1, -0.05) is 0 Å². The SMILES string of the molecule is CC(=O)NCCCC[C@H](NC(=O)CCNC(=O)CCCC(=O)ON1C(=O)CCC1=O)C(=O)N[C@H](C)P(=O)(O)O[C@H](C)C(=O)O. The lowest BCUT2D eigenvalue weighted by molar-refractivity contribution is -0.197. The first kappa shape index (κ1) is 38.1. The lowest BCUT2D eigenvalue weighted by Crippen LogP contribution is -2.49. The van der Waals surface area contributed by atoms with Crippen molar-refractivity contribution in [3.05, 3.63) is 0 Å². The molecule has 1 unspecified atom stereocenters. The summed E-state index contributed by atoms with van der Waals surface area (Å²) in [6.45, 7) is 3.73. The molecular weight excluding hydrogens is 609 g/mol. The Morgan fingerprint density at radius 3 is 2.11 bits per heavy atom. The van der Waals surface area contributed by atoms with Crippen LogP contribution in [0.15, 0.2) is 0 Å². The van der Waals surface area contributed by atoms with E-state index in [0.29, 0.717) is 24.4 Å². The van der Waals surface area contributed by atoms with Crippen LogP contribution in [0.3, 0.4) is 0 Å². The van der Waals surface area contributed by atoms with Crippen molar-refractivity contribution < 1.29 is 62.3 Å². The number of unbranched alkanes of at least 4 members (excludes halogenated alkanes) is 1. The number of nitrogens with one attached hydrogen (secondary N) is 4. The van der Waals surface area contributed by atoms with Crippen molar-refractivity contribution in [2.75, 3.05) is 13.1 Å². The Kier molecular flexibility index (Phi) is 16.2. The van der Waals surface area contributed by atoms with Crippen molar-refractivity contribution >= 4 is 55.0 Å². The molecule has 1 aliphatic rings. The molecule has 0 radical (unpaired) electrons. The summed E-state index contributed by atoms with van der Waals surface area (Å²) in [5.41, 5.74) is 0. The summed E-state index contributed by atoms with van der Waals surface area (Å²) in [6, 6.07) is -1.17. The number of hydroxylamine groups is 2. The van der Waals surface area contributed by atoms with Gasteiger partial charge in [0.15, 0.2) is 6.10 Å². The van der Waals surface area contributed by atoms with Gasteiger partial charge in [0.05, 0.1) is 0 Å². The molecule has 1 saturated heterocycles. The molecule has 0 bridgehead atoms. The number of carbonyl (C=O) groups excluding carboxylic acids is 7. The summed E-state index contributed by atoms with van der Waals surface area (Å²) >= 11 is 0. The van der Waals surface area contributed by atoms with Crippen molar-refractivity contribution in [2.24, 2.45) is 0 Å². The molecule has 248 valence electrons. The third-order valence-electron chi connectivity index (χ3n) is 6.10. The second-order valence-corrected chi connectivity index (χ2v) is 12.0. The van der Waals surface area contributed by atoms with Gasteiger partial charge in [-0.25, -0.2) is 9.59 Å². The molecule has 0 aliphatic carbocycles. The number of rotatable bonds is 20. The molecular formula is C25H40N5O13P. The van der Waals surface area contributed by atoms with E-state index < -0.39 is 67.0 Å². The Hall–Kier alpha value is -3.89. The topological polar surface area (TPSA) is 264 Å². The number of hydrogen-bond acceptors (Lipinski definition) is 11. The van der Waals surface area contributed by atoms with Gasteiger partial charge in [-0.3, -0.25) is 37.9 Å². The predicted molar refractivity (Wildman–Crippen MR) is 149 cm³/mol. The fourth-order valence-corrected chi connectivity index (χ4v) is 4.64. The number of carboxylic acid groups (broad SMARTS) is 1. The Morgan fingerprint density at radius 2 is 1.52 bits per heavy atom. The number of nitrogens with zero attached hydrogens (tertiary/aromatic N) is 1. The van der Waals surface area contributed by atoms with Crippen LogP contribution in [-0.4, -0.2) is 93.5 Å². The van der Waals surface area contributed by atoms with E-state index in [1.54, 1.807) is 0 Å². The maximum atomic E-state index is 12.9. The molecule has 1 fully saturated rings. The lowest BCUT2D eigenvalue weighted by Gasteiger charge is -2.25. The van der Waals surface area contributed by atoms with Crippen LogP contribution in [0.1, 0.15) is 78.6 Å². The molecule has 0 aromatic rings. The van der Waals surface area contributed by atoms with Crippen LogP contribution in [0.4, 0.5) is 0 Å². The minimum Gasteiger partial charge on any atom is -0.479 e. The Bertz CT molecular complexity index is 1130. The van der Waals surface area contributed by atoms with Gasteiger partial charge in [-0.2, -0.15) is 0 Å². The van der Waals surface area contributed by atoms with Gasteiger partial charge >= 0.3 is 19.5 Å². The summed E-state index contributed by atoms with van der Waals surface area (Å²) in [5.74, 6) is -7.28. The molecule has 6 amide bonds. The highest BCUT2D eigenvalue weighted by molar-refractivity contribution is 7.53. The Balaban J connectivity index is 2.56. The fourth-order valence-electron chi connectivity index (χ4n) is 3.63. The highest BCUT2D eigenvalue weighted by Crippen LogP contribution is 2.47. The zero-order valence-electron chi connectivity index (χ0n) is 24.8. The Morgan fingerprint density at radius 1 is 0.886 bits per heavy atom. The van der Waals surface area contributed by atoms with Gasteiger partial charge < -0.3 is 36.1 Å². The highest BCUT2D eigenvalue weighted by atomic mass is 31.2. The second kappa shape index (κ2) is 18.7. The van der Waals surface area contributed by atoms with Crippen LogP contribution in [0.5, 0.6) is 0 Å². The van der Waals surface area contributed by atoms with Crippen molar-refractivity contribution in [1.82, 2.24) is 26.3 Å². The van der Waals surface area contributed by atoms with E-state index in [2.05, 4.69) is 25.8 Å². The quantitative estimate of drug-likeness (QED) is 0.0537. The van der Waals surface area contributed by atoms with Gasteiger partial charge in [0.2, 0.25) is 23.6 Å². The number of hydrogen-bond donors (Lipinski definition) is 6. The molecule has 4 atom stereocenters. The number of carbonyl (C=O) groups is 8. The lowest BCUT2D eigenvalue weighted by atomic mass is 10.1. The van der Waals surface area contributed by atoms with Crippen molar-refractivity contribution in [1.29, 1.82) is 0 Å². The molecule has 0 spiro atoms. The third kappa shape index (κ3) is 14.5. The smallest absolute Gasteiger partial charge is 0.350 e. The molecule has 0 saturated carbocycles. The van der Waals surface area contributed by atoms with Crippen molar-refractivity contribution in [3.63, 3.8) is 0 Å². The van der Waals surface area contributed by atoms with E-state index in [1.165, 1.54) is 6.92 Å². The first-order valence-corrected chi connectivity index (χ1v) is 15.6. The monoisotopic (exact) mass is 649 g/mol. The van der Waals surface area contributed by atoms with E-state index in [0.717, 1.165) is 13.8 Å². The first-order valence-electron chi connectivity index (χ1n) is 13.9. The van der Waals surface area contributed by atoms with Gasteiger partial charge in [0.25, 0.3) is 11.8 Å².